The zero-order valence-electron chi connectivity index (χ0n) is 28.0. The number of hydrogen-bond donors (Lipinski definition) is 1. The Labute approximate surface area is 287 Å². The van der Waals surface area contributed by atoms with Gasteiger partial charge in [0, 0.05) is 60.9 Å². The van der Waals surface area contributed by atoms with Crippen molar-refractivity contribution in [1.29, 1.82) is 0 Å². The van der Waals surface area contributed by atoms with Crippen molar-refractivity contribution in [2.24, 2.45) is 12.5 Å². The molecule has 5 aromatic rings. The summed E-state index contributed by atoms with van der Waals surface area (Å²) in [6.45, 7) is 11.2. The fraction of sp³-hybridized carbons (Fsp3) is 0.389. The maximum atomic E-state index is 13.7. The molecule has 1 N–H and O–H groups in total. The number of thiophene rings is 1. The van der Waals surface area contributed by atoms with Gasteiger partial charge in [-0.15, -0.1) is 11.3 Å². The predicted molar refractivity (Wildman–Crippen MR) is 191 cm³/mol. The third-order valence-electron chi connectivity index (χ3n) is 10.0. The van der Waals surface area contributed by atoms with Crippen molar-refractivity contribution in [2.45, 2.75) is 45.7 Å². The fourth-order valence-corrected chi connectivity index (χ4v) is 8.87. The van der Waals surface area contributed by atoms with Crippen LogP contribution in [0.5, 0.6) is 0 Å². The number of anilines is 3. The minimum Gasteiger partial charge on any atom is -0.378 e. The summed E-state index contributed by atoms with van der Waals surface area (Å²) < 4.78 is 8.67. The molecule has 5 aromatic heterocycles. The third kappa shape index (κ3) is 5.55. The van der Waals surface area contributed by atoms with Crippen molar-refractivity contribution in [3.05, 3.63) is 85.8 Å². The maximum Gasteiger partial charge on any atom is 0.290 e. The molecule has 0 bridgehead atoms. The van der Waals surface area contributed by atoms with E-state index in [2.05, 4.69) is 51.0 Å². The zero-order valence-corrected chi connectivity index (χ0v) is 28.8. The lowest BCUT2D eigenvalue weighted by atomic mass is 9.90. The van der Waals surface area contributed by atoms with Gasteiger partial charge < -0.3 is 19.5 Å². The number of piperazine rings is 1. The number of ether oxygens (including phenoxy) is 1. The highest BCUT2D eigenvalue weighted by Gasteiger charge is 2.34. The average molecular weight is 679 g/mol. The molecule has 8 rings (SSSR count). The molecule has 2 fully saturated rings. The molecule has 1 atom stereocenters. The second-order valence-corrected chi connectivity index (χ2v) is 15.3. The van der Waals surface area contributed by atoms with Gasteiger partial charge in [-0.05, 0) is 60.6 Å². The number of carbonyl (C=O) groups is 1. The molecule has 0 spiro atoms. The van der Waals surface area contributed by atoms with E-state index in [-0.39, 0.29) is 27.9 Å². The number of nitrogens with zero attached hydrogens (tertiary/aromatic N) is 7. The van der Waals surface area contributed by atoms with Crippen LogP contribution in [-0.2, 0) is 24.6 Å². The van der Waals surface area contributed by atoms with Gasteiger partial charge in [-0.3, -0.25) is 19.3 Å². The first-order valence-corrected chi connectivity index (χ1v) is 17.4. The first-order chi connectivity index (χ1) is 23.6. The minimum atomic E-state index is -0.302. The SMILES string of the molecule is C[C@H]1CN(C2COC2)CCN1c1ccc(Nc2cc(-c3ccnc(-n4ncc5c6c(sc5c4=O)CC(C)(C)C6)c3C=O)cn(C)c2=O)nc1. The van der Waals surface area contributed by atoms with Crippen molar-refractivity contribution in [3.63, 3.8) is 0 Å². The molecule has 1 aliphatic carbocycles. The number of fused-ring (bicyclic) bond motifs is 3. The zero-order chi connectivity index (χ0) is 34.0. The van der Waals surface area contributed by atoms with Gasteiger partial charge in [0.25, 0.3) is 11.1 Å². The summed E-state index contributed by atoms with van der Waals surface area (Å²) in [6, 6.07) is 8.15. The lowest BCUT2D eigenvalue weighted by Crippen LogP contribution is -2.59. The Bertz CT molecular complexity index is 2220. The van der Waals surface area contributed by atoms with E-state index in [0.717, 1.165) is 56.8 Å². The number of aromatic nitrogens is 5. The molecule has 12 nitrogen and oxygen atoms in total. The molecule has 0 amide bonds. The van der Waals surface area contributed by atoms with Gasteiger partial charge in [0.15, 0.2) is 12.1 Å². The second-order valence-electron chi connectivity index (χ2n) is 14.2. The molecular formula is C36H38N8O4S. The Morgan fingerprint density at radius 2 is 1.90 bits per heavy atom. The molecule has 0 saturated carbocycles. The van der Waals surface area contributed by atoms with Gasteiger partial charge >= 0.3 is 0 Å². The van der Waals surface area contributed by atoms with Gasteiger partial charge in [-0.2, -0.15) is 9.78 Å². The largest absolute Gasteiger partial charge is 0.378 e. The number of rotatable bonds is 7. The summed E-state index contributed by atoms with van der Waals surface area (Å²) in [6.07, 6.45) is 9.27. The summed E-state index contributed by atoms with van der Waals surface area (Å²) in [7, 11) is 1.66. The lowest BCUT2D eigenvalue weighted by Gasteiger charge is -2.46. The lowest BCUT2D eigenvalue weighted by molar-refractivity contribution is -0.0691. The summed E-state index contributed by atoms with van der Waals surface area (Å²) in [5, 5.41) is 8.55. The normalized spacial score (nSPS) is 19.2. The molecular weight excluding hydrogens is 641 g/mol. The van der Waals surface area contributed by atoms with Crippen LogP contribution in [0, 0.1) is 5.41 Å². The number of nitrogens with one attached hydrogen (secondary N) is 1. The second kappa shape index (κ2) is 12.0. The molecule has 49 heavy (non-hydrogen) atoms. The first-order valence-electron chi connectivity index (χ1n) is 16.6. The monoisotopic (exact) mass is 678 g/mol. The van der Waals surface area contributed by atoms with E-state index in [1.165, 1.54) is 31.0 Å². The summed E-state index contributed by atoms with van der Waals surface area (Å²) in [5.41, 5.74) is 3.45. The van der Waals surface area contributed by atoms with Gasteiger partial charge in [-0.25, -0.2) is 9.97 Å². The van der Waals surface area contributed by atoms with Gasteiger partial charge in [0.05, 0.1) is 42.9 Å². The van der Waals surface area contributed by atoms with Crippen molar-refractivity contribution in [2.75, 3.05) is 43.1 Å². The molecule has 0 unspecified atom stereocenters. The Morgan fingerprint density at radius 3 is 2.61 bits per heavy atom. The molecule has 252 valence electrons. The van der Waals surface area contributed by atoms with Crippen molar-refractivity contribution in [1.82, 2.24) is 29.2 Å². The molecule has 0 radical (unpaired) electrons. The quantitative estimate of drug-likeness (QED) is 0.251. The van der Waals surface area contributed by atoms with E-state index >= 15 is 0 Å². The third-order valence-corrected chi connectivity index (χ3v) is 11.3. The van der Waals surface area contributed by atoms with Crippen LogP contribution in [0.3, 0.4) is 0 Å². The highest BCUT2D eigenvalue weighted by Crippen LogP contribution is 2.43. The smallest absolute Gasteiger partial charge is 0.290 e. The molecule has 13 heteroatoms. The first kappa shape index (κ1) is 31.5. The standard InChI is InChI=1S/C36H38N8O4S/c1-21-16-42(24-19-48-20-24)9-10-43(21)23-5-6-31(38-14-23)40-29-11-22(17-41(4)34(29)46)25-7-8-37-33(28(25)18-45)44-35(47)32-27(15-39-44)26-12-36(2,3)13-30(26)49-32/h5-8,11,14-15,17-18,21,24H,9-10,12-13,16,19-20H2,1-4H3,(H,38,40)/t21-/m0/s1. The van der Waals surface area contributed by atoms with Gasteiger partial charge in [0.2, 0.25) is 0 Å². The Hall–Kier alpha value is -4.72. The van der Waals surface area contributed by atoms with Crippen LogP contribution in [0.4, 0.5) is 17.2 Å². The molecule has 2 saturated heterocycles. The van der Waals surface area contributed by atoms with Crippen LogP contribution in [0.25, 0.3) is 27.0 Å². The Balaban J connectivity index is 1.08. The van der Waals surface area contributed by atoms with E-state index in [9.17, 15) is 14.4 Å². The van der Waals surface area contributed by atoms with Crippen molar-refractivity contribution < 1.29 is 9.53 Å². The molecule has 0 aromatic carbocycles. The van der Waals surface area contributed by atoms with Crippen molar-refractivity contribution >= 4 is 44.9 Å². The number of aldehydes is 1. The van der Waals surface area contributed by atoms with Gasteiger partial charge in [-0.1, -0.05) is 13.8 Å². The minimum absolute atomic E-state index is 0.144. The molecule has 2 aliphatic heterocycles. The fourth-order valence-electron chi connectivity index (χ4n) is 7.40. The molecule has 3 aliphatic rings. The van der Waals surface area contributed by atoms with E-state index in [1.54, 1.807) is 37.8 Å². The average Bonchev–Trinajstić information content (AvgIpc) is 3.55. The maximum absolute atomic E-state index is 13.7. The number of aryl methyl sites for hydroxylation is 1. The number of pyridine rings is 3. The summed E-state index contributed by atoms with van der Waals surface area (Å²) in [5.74, 6) is 0.669. The van der Waals surface area contributed by atoms with Crippen LogP contribution in [-0.4, -0.2) is 80.4 Å². The van der Waals surface area contributed by atoms with Gasteiger partial charge in [0.1, 0.15) is 16.2 Å². The number of carbonyl (C=O) groups excluding carboxylic acids is 1. The topological polar surface area (TPSA) is 127 Å². The molecule has 7 heterocycles. The van der Waals surface area contributed by atoms with E-state index in [4.69, 9.17) is 4.74 Å². The van der Waals surface area contributed by atoms with Crippen LogP contribution >= 0.6 is 11.3 Å². The van der Waals surface area contributed by atoms with Crippen LogP contribution in [0.15, 0.2) is 58.6 Å². The highest BCUT2D eigenvalue weighted by atomic mass is 32.1. The van der Waals surface area contributed by atoms with Crippen LogP contribution in [0.1, 0.15) is 41.6 Å². The van der Waals surface area contributed by atoms with E-state index in [1.807, 2.05) is 18.3 Å². The summed E-state index contributed by atoms with van der Waals surface area (Å²) in [4.78, 5) is 54.8. The van der Waals surface area contributed by atoms with Crippen molar-refractivity contribution in [3.8, 4) is 16.9 Å². The van der Waals surface area contributed by atoms with Crippen LogP contribution < -0.4 is 21.3 Å². The van der Waals surface area contributed by atoms with E-state index < -0.39 is 0 Å². The predicted octanol–water partition coefficient (Wildman–Crippen LogP) is 4.19. The van der Waals surface area contributed by atoms with E-state index in [0.29, 0.717) is 45.7 Å². The Morgan fingerprint density at radius 1 is 1.06 bits per heavy atom. The van der Waals surface area contributed by atoms with Crippen LogP contribution in [0.2, 0.25) is 0 Å². The summed E-state index contributed by atoms with van der Waals surface area (Å²) >= 11 is 1.51. The number of hydrogen-bond acceptors (Lipinski definition) is 11. The Kier molecular flexibility index (Phi) is 7.73. The highest BCUT2D eigenvalue weighted by molar-refractivity contribution is 7.19.